The van der Waals surface area contributed by atoms with Gasteiger partial charge in [-0.15, -0.1) is 22.9 Å². The van der Waals surface area contributed by atoms with Crippen molar-refractivity contribution in [2.45, 2.75) is 25.1 Å². The van der Waals surface area contributed by atoms with Gasteiger partial charge in [-0.3, -0.25) is 0 Å². The molecule has 0 N–H and O–H groups in total. The normalized spacial score (nSPS) is 19.6. The van der Waals surface area contributed by atoms with Gasteiger partial charge in [0.25, 0.3) is 0 Å². The summed E-state index contributed by atoms with van der Waals surface area (Å²) in [6.07, 6.45) is 2.62. The molecule has 1 unspecified atom stereocenters. The molecule has 3 heteroatoms. The number of rotatable bonds is 2. The van der Waals surface area contributed by atoms with Crippen LogP contribution in [0.1, 0.15) is 28.0 Å². The largest absolute Gasteiger partial charge is 0.143 e. The van der Waals surface area contributed by atoms with Gasteiger partial charge < -0.3 is 0 Å². The first kappa shape index (κ1) is 9.04. The smallest absolute Gasteiger partial charge is 0.0707 e. The summed E-state index contributed by atoms with van der Waals surface area (Å²) >= 11 is 11.6. The maximum absolute atomic E-state index is 6.28. The monoisotopic (exact) mass is 264 g/mol. The standard InChI is InChI=1S/C9H10BrClS/c1-5-7(10)4-8(12-5)9(11)6-2-3-6/h4,6,9H,2-3H2,1H3. The number of hydrogen-bond donors (Lipinski definition) is 0. The zero-order valence-corrected chi connectivity index (χ0v) is 9.97. The zero-order valence-electron chi connectivity index (χ0n) is 6.81. The molecule has 1 aliphatic rings. The molecule has 1 atom stereocenters. The van der Waals surface area contributed by atoms with Crippen molar-refractivity contribution in [1.82, 2.24) is 0 Å². The fraction of sp³-hybridized carbons (Fsp3) is 0.556. The van der Waals surface area contributed by atoms with Gasteiger partial charge in [-0.25, -0.2) is 0 Å². The van der Waals surface area contributed by atoms with E-state index in [1.54, 1.807) is 0 Å². The van der Waals surface area contributed by atoms with E-state index in [-0.39, 0.29) is 5.38 Å². The third-order valence-electron chi connectivity index (χ3n) is 2.18. The minimum atomic E-state index is 0.264. The first-order valence-corrected chi connectivity index (χ1v) is 6.13. The Labute approximate surface area is 90.1 Å². The molecule has 1 saturated carbocycles. The minimum Gasteiger partial charge on any atom is -0.143 e. The molecule has 0 amide bonds. The van der Waals surface area contributed by atoms with Crippen molar-refractivity contribution in [3.05, 3.63) is 20.3 Å². The summed E-state index contributed by atoms with van der Waals surface area (Å²) in [6, 6.07) is 2.16. The molecule has 1 fully saturated rings. The van der Waals surface area contributed by atoms with Crippen LogP contribution in [0.3, 0.4) is 0 Å². The highest BCUT2D eigenvalue weighted by molar-refractivity contribution is 9.10. The average Bonchev–Trinajstić information content (AvgIpc) is 2.80. The molecule has 0 spiro atoms. The number of alkyl halides is 1. The predicted molar refractivity (Wildman–Crippen MR) is 58.1 cm³/mol. The molecular formula is C9H10BrClS. The van der Waals surface area contributed by atoms with Crippen molar-refractivity contribution in [3.63, 3.8) is 0 Å². The summed E-state index contributed by atoms with van der Waals surface area (Å²) in [7, 11) is 0. The third-order valence-corrected chi connectivity index (χ3v) is 5.12. The van der Waals surface area contributed by atoms with Crippen LogP contribution in [0.4, 0.5) is 0 Å². The van der Waals surface area contributed by atoms with Gasteiger partial charge >= 0.3 is 0 Å². The molecule has 0 aromatic carbocycles. The Kier molecular flexibility index (Phi) is 2.50. The van der Waals surface area contributed by atoms with E-state index >= 15 is 0 Å². The van der Waals surface area contributed by atoms with Crippen LogP contribution in [-0.4, -0.2) is 0 Å². The Balaban J connectivity index is 2.21. The van der Waals surface area contributed by atoms with Crippen LogP contribution in [-0.2, 0) is 0 Å². The molecule has 1 heterocycles. The lowest BCUT2D eigenvalue weighted by Crippen LogP contribution is -1.86. The summed E-state index contributed by atoms with van der Waals surface area (Å²) < 4.78 is 1.20. The quantitative estimate of drug-likeness (QED) is 0.690. The van der Waals surface area contributed by atoms with E-state index in [1.165, 1.54) is 27.1 Å². The van der Waals surface area contributed by atoms with Crippen LogP contribution in [0.15, 0.2) is 10.5 Å². The number of hydrogen-bond acceptors (Lipinski definition) is 1. The van der Waals surface area contributed by atoms with Gasteiger partial charge in [0.1, 0.15) is 0 Å². The maximum atomic E-state index is 6.28. The first-order chi connectivity index (χ1) is 5.68. The molecule has 1 aromatic heterocycles. The number of thiophene rings is 1. The fourth-order valence-electron chi connectivity index (χ4n) is 1.24. The SMILES string of the molecule is Cc1sc(C(Cl)C2CC2)cc1Br. The van der Waals surface area contributed by atoms with E-state index in [0.29, 0.717) is 0 Å². The zero-order chi connectivity index (χ0) is 8.72. The Morgan fingerprint density at radius 1 is 1.67 bits per heavy atom. The summed E-state index contributed by atoms with van der Waals surface area (Å²) in [6.45, 7) is 2.12. The second-order valence-electron chi connectivity index (χ2n) is 3.29. The van der Waals surface area contributed by atoms with Crippen molar-refractivity contribution in [2.75, 3.05) is 0 Å². The summed E-state index contributed by atoms with van der Waals surface area (Å²) in [4.78, 5) is 2.65. The number of aryl methyl sites for hydroxylation is 1. The maximum Gasteiger partial charge on any atom is 0.0707 e. The lowest BCUT2D eigenvalue weighted by Gasteiger charge is -2.02. The van der Waals surface area contributed by atoms with Crippen LogP contribution in [0, 0.1) is 12.8 Å². The van der Waals surface area contributed by atoms with Gasteiger partial charge in [-0.2, -0.15) is 0 Å². The van der Waals surface area contributed by atoms with Crippen LogP contribution >= 0.6 is 38.9 Å². The van der Waals surface area contributed by atoms with Gasteiger partial charge in [0, 0.05) is 14.2 Å². The minimum absolute atomic E-state index is 0.264. The van der Waals surface area contributed by atoms with E-state index in [1.807, 2.05) is 11.3 Å². The molecule has 0 aliphatic heterocycles. The van der Waals surface area contributed by atoms with Crippen LogP contribution < -0.4 is 0 Å². The Bertz CT molecular complexity index is 271. The van der Waals surface area contributed by atoms with Crippen LogP contribution in [0.2, 0.25) is 0 Å². The average molecular weight is 266 g/mol. The topological polar surface area (TPSA) is 0 Å². The third kappa shape index (κ3) is 1.70. The van der Waals surface area contributed by atoms with E-state index in [4.69, 9.17) is 11.6 Å². The highest BCUT2D eigenvalue weighted by Gasteiger charge is 2.31. The van der Waals surface area contributed by atoms with Crippen LogP contribution in [0.25, 0.3) is 0 Å². The highest BCUT2D eigenvalue weighted by atomic mass is 79.9. The Morgan fingerprint density at radius 3 is 2.75 bits per heavy atom. The molecule has 1 aliphatic carbocycles. The van der Waals surface area contributed by atoms with E-state index in [9.17, 15) is 0 Å². The van der Waals surface area contributed by atoms with Crippen molar-refractivity contribution >= 4 is 38.9 Å². The molecular weight excluding hydrogens is 256 g/mol. The van der Waals surface area contributed by atoms with Gasteiger partial charge in [-0.05, 0) is 47.7 Å². The molecule has 66 valence electrons. The van der Waals surface area contributed by atoms with Gasteiger partial charge in [0.15, 0.2) is 0 Å². The van der Waals surface area contributed by atoms with Gasteiger partial charge in [-0.1, -0.05) is 0 Å². The summed E-state index contributed by atoms with van der Waals surface area (Å²) in [5, 5.41) is 0.264. The molecule has 0 radical (unpaired) electrons. The summed E-state index contributed by atoms with van der Waals surface area (Å²) in [5.41, 5.74) is 0. The number of halogens is 2. The Hall–Kier alpha value is 0.470. The lowest BCUT2D eigenvalue weighted by molar-refractivity contribution is 0.811. The van der Waals surface area contributed by atoms with E-state index < -0.39 is 0 Å². The molecule has 0 bridgehead atoms. The summed E-state index contributed by atoms with van der Waals surface area (Å²) in [5.74, 6) is 0.747. The van der Waals surface area contributed by atoms with Gasteiger partial charge in [0.2, 0.25) is 0 Å². The van der Waals surface area contributed by atoms with E-state index in [2.05, 4.69) is 28.9 Å². The molecule has 2 rings (SSSR count). The highest BCUT2D eigenvalue weighted by Crippen LogP contribution is 2.47. The van der Waals surface area contributed by atoms with Crippen molar-refractivity contribution in [1.29, 1.82) is 0 Å². The lowest BCUT2D eigenvalue weighted by atomic mass is 10.2. The van der Waals surface area contributed by atoms with Gasteiger partial charge in [0.05, 0.1) is 5.38 Å². The van der Waals surface area contributed by atoms with E-state index in [0.717, 1.165) is 5.92 Å². The van der Waals surface area contributed by atoms with Crippen molar-refractivity contribution in [3.8, 4) is 0 Å². The second kappa shape index (κ2) is 3.32. The van der Waals surface area contributed by atoms with Crippen LogP contribution in [0.5, 0.6) is 0 Å². The predicted octanol–water partition coefficient (Wildman–Crippen LogP) is 4.51. The first-order valence-electron chi connectivity index (χ1n) is 4.08. The van der Waals surface area contributed by atoms with Crippen molar-refractivity contribution in [2.24, 2.45) is 5.92 Å². The molecule has 12 heavy (non-hydrogen) atoms. The van der Waals surface area contributed by atoms with Crippen molar-refractivity contribution < 1.29 is 0 Å². The molecule has 1 aromatic rings. The second-order valence-corrected chi connectivity index (χ2v) is 5.90. The Morgan fingerprint density at radius 2 is 2.33 bits per heavy atom. The molecule has 0 saturated heterocycles. The molecule has 0 nitrogen and oxygen atoms in total. The fourth-order valence-corrected chi connectivity index (χ4v) is 3.32.